The lowest BCUT2D eigenvalue weighted by atomic mass is 9.82. The van der Waals surface area contributed by atoms with Crippen molar-refractivity contribution in [3.05, 3.63) is 35.4 Å². The molecular weight excluding hydrogens is 267 g/mol. The van der Waals surface area contributed by atoms with E-state index in [0.717, 1.165) is 6.07 Å². The Morgan fingerprint density at radius 1 is 1.25 bits per heavy atom. The van der Waals surface area contributed by atoms with Crippen LogP contribution in [-0.2, 0) is 6.18 Å². The van der Waals surface area contributed by atoms with E-state index < -0.39 is 23.3 Å². The normalized spacial score (nSPS) is 17.1. The molecule has 0 saturated carbocycles. The van der Waals surface area contributed by atoms with E-state index in [2.05, 4.69) is 5.43 Å². The molecule has 0 heterocycles. The van der Waals surface area contributed by atoms with E-state index in [1.54, 1.807) is 6.07 Å². The van der Waals surface area contributed by atoms with Gasteiger partial charge in [0.15, 0.2) is 0 Å². The first kappa shape index (κ1) is 16.9. The summed E-state index contributed by atoms with van der Waals surface area (Å²) in [5.74, 6) is 5.57. The van der Waals surface area contributed by atoms with E-state index in [1.165, 1.54) is 12.1 Å². The molecule has 114 valence electrons. The molecule has 0 bridgehead atoms. The van der Waals surface area contributed by atoms with Crippen LogP contribution in [0.5, 0.6) is 0 Å². The number of alkyl halides is 3. The summed E-state index contributed by atoms with van der Waals surface area (Å²) in [6.07, 6.45) is -3.74. The van der Waals surface area contributed by atoms with Crippen LogP contribution in [0.2, 0.25) is 0 Å². The second kappa shape index (κ2) is 6.11. The third kappa shape index (κ3) is 3.13. The van der Waals surface area contributed by atoms with Crippen molar-refractivity contribution in [3.63, 3.8) is 0 Å². The lowest BCUT2D eigenvalue weighted by Crippen LogP contribution is -2.53. The van der Waals surface area contributed by atoms with Crippen molar-refractivity contribution in [2.75, 3.05) is 14.1 Å². The Morgan fingerprint density at radius 2 is 1.80 bits per heavy atom. The van der Waals surface area contributed by atoms with Gasteiger partial charge in [-0.3, -0.25) is 11.3 Å². The van der Waals surface area contributed by atoms with Crippen LogP contribution < -0.4 is 11.3 Å². The quantitative estimate of drug-likeness (QED) is 0.647. The van der Waals surface area contributed by atoms with Crippen molar-refractivity contribution in [1.82, 2.24) is 10.3 Å². The largest absolute Gasteiger partial charge is 0.416 e. The molecule has 0 amide bonds. The number of benzene rings is 1. The Morgan fingerprint density at radius 3 is 2.20 bits per heavy atom. The molecule has 0 fully saturated rings. The Balaban J connectivity index is 3.40. The molecule has 0 radical (unpaired) electrons. The van der Waals surface area contributed by atoms with Gasteiger partial charge in [-0.2, -0.15) is 13.2 Å². The van der Waals surface area contributed by atoms with Crippen LogP contribution in [0, 0.1) is 0 Å². The summed E-state index contributed by atoms with van der Waals surface area (Å²) in [5.41, 5.74) is 1.55. The maximum Gasteiger partial charge on any atom is 0.416 e. The molecule has 0 aromatic heterocycles. The molecule has 0 spiro atoms. The Labute approximate surface area is 117 Å². The zero-order valence-electron chi connectivity index (χ0n) is 12.3. The number of nitrogens with zero attached hydrogens (tertiary/aromatic N) is 1. The van der Waals surface area contributed by atoms with Gasteiger partial charge in [-0.1, -0.05) is 25.1 Å². The molecular formula is C14H22F3N3. The van der Waals surface area contributed by atoms with Crippen LogP contribution >= 0.6 is 0 Å². The van der Waals surface area contributed by atoms with E-state index in [1.807, 2.05) is 32.8 Å². The molecule has 2 atom stereocenters. The first-order chi connectivity index (χ1) is 9.18. The van der Waals surface area contributed by atoms with Crippen LogP contribution in [0.1, 0.15) is 37.4 Å². The van der Waals surface area contributed by atoms with E-state index in [-0.39, 0.29) is 5.56 Å². The number of hydrogen-bond acceptors (Lipinski definition) is 3. The SMILES string of the molecule is CCC(C)(C(NN)c1ccccc1C(F)(F)F)N(C)C. The number of nitrogens with two attached hydrogens (primary N) is 1. The minimum Gasteiger partial charge on any atom is -0.302 e. The third-order valence-electron chi connectivity index (χ3n) is 4.10. The molecule has 1 rings (SSSR count). The first-order valence-corrected chi connectivity index (χ1v) is 6.48. The Kier molecular flexibility index (Phi) is 5.18. The molecule has 20 heavy (non-hydrogen) atoms. The number of hydrazine groups is 1. The van der Waals surface area contributed by atoms with E-state index >= 15 is 0 Å². The fraction of sp³-hybridized carbons (Fsp3) is 0.571. The highest BCUT2D eigenvalue weighted by molar-refractivity contribution is 5.34. The van der Waals surface area contributed by atoms with Gasteiger partial charge in [0.05, 0.1) is 11.6 Å². The third-order valence-corrected chi connectivity index (χ3v) is 4.10. The molecule has 3 N–H and O–H groups in total. The Hall–Kier alpha value is -1.11. The molecule has 1 aromatic rings. The van der Waals surface area contributed by atoms with Gasteiger partial charge in [0.2, 0.25) is 0 Å². The molecule has 1 aromatic carbocycles. The van der Waals surface area contributed by atoms with E-state index in [4.69, 9.17) is 5.84 Å². The van der Waals surface area contributed by atoms with Gasteiger partial charge in [-0.15, -0.1) is 0 Å². The molecule has 0 aliphatic heterocycles. The van der Waals surface area contributed by atoms with Crippen molar-refractivity contribution in [3.8, 4) is 0 Å². The number of halogens is 3. The summed E-state index contributed by atoms with van der Waals surface area (Å²) in [6, 6.07) is 4.93. The van der Waals surface area contributed by atoms with Gasteiger partial charge in [0.25, 0.3) is 0 Å². The molecule has 6 heteroatoms. The summed E-state index contributed by atoms with van der Waals surface area (Å²) in [7, 11) is 3.67. The summed E-state index contributed by atoms with van der Waals surface area (Å²) >= 11 is 0. The zero-order chi connectivity index (χ0) is 15.6. The standard InChI is InChI=1S/C14H22F3N3/c1-5-13(2,20(3)4)12(19-18)10-8-6-7-9-11(10)14(15,16)17/h6-9,12,19H,5,18H2,1-4H3. The lowest BCUT2D eigenvalue weighted by molar-refractivity contribution is -0.138. The van der Waals surface area contributed by atoms with Crippen molar-refractivity contribution >= 4 is 0 Å². The number of rotatable bonds is 5. The zero-order valence-corrected chi connectivity index (χ0v) is 12.3. The summed E-state index contributed by atoms with van der Waals surface area (Å²) < 4.78 is 39.5. The second-order valence-electron chi connectivity index (χ2n) is 5.29. The maximum absolute atomic E-state index is 13.2. The molecule has 0 aliphatic carbocycles. The molecule has 0 saturated heterocycles. The fourth-order valence-electron chi connectivity index (χ4n) is 2.39. The minimum absolute atomic E-state index is 0.167. The Bertz CT molecular complexity index is 446. The number of likely N-dealkylation sites (N-methyl/N-ethyl adjacent to an activating group) is 1. The summed E-state index contributed by atoms with van der Waals surface area (Å²) in [5, 5.41) is 0. The van der Waals surface area contributed by atoms with Crippen LogP contribution in [0.25, 0.3) is 0 Å². The highest BCUT2D eigenvalue weighted by Crippen LogP contribution is 2.39. The van der Waals surface area contributed by atoms with Crippen LogP contribution in [-0.4, -0.2) is 24.5 Å². The van der Waals surface area contributed by atoms with Gasteiger partial charge in [-0.25, -0.2) is 0 Å². The molecule has 3 nitrogen and oxygen atoms in total. The molecule has 0 aliphatic rings. The minimum atomic E-state index is -4.40. The van der Waals surface area contributed by atoms with E-state index in [9.17, 15) is 13.2 Å². The predicted molar refractivity (Wildman–Crippen MR) is 73.9 cm³/mol. The maximum atomic E-state index is 13.2. The smallest absolute Gasteiger partial charge is 0.302 e. The number of hydrogen-bond donors (Lipinski definition) is 2. The fourth-order valence-corrected chi connectivity index (χ4v) is 2.39. The van der Waals surface area contributed by atoms with Crippen molar-refractivity contribution < 1.29 is 13.2 Å². The monoisotopic (exact) mass is 289 g/mol. The lowest BCUT2D eigenvalue weighted by Gasteiger charge is -2.43. The van der Waals surface area contributed by atoms with Crippen LogP contribution in [0.15, 0.2) is 24.3 Å². The van der Waals surface area contributed by atoms with Gasteiger partial charge < -0.3 is 4.90 Å². The summed E-state index contributed by atoms with van der Waals surface area (Å²) in [4.78, 5) is 1.89. The van der Waals surface area contributed by atoms with Gasteiger partial charge in [0.1, 0.15) is 0 Å². The van der Waals surface area contributed by atoms with Crippen molar-refractivity contribution in [2.24, 2.45) is 5.84 Å². The van der Waals surface area contributed by atoms with Gasteiger partial charge >= 0.3 is 6.18 Å². The first-order valence-electron chi connectivity index (χ1n) is 6.48. The van der Waals surface area contributed by atoms with Crippen molar-refractivity contribution in [1.29, 1.82) is 0 Å². The number of nitrogens with one attached hydrogen (secondary N) is 1. The van der Waals surface area contributed by atoms with E-state index in [0.29, 0.717) is 6.42 Å². The van der Waals surface area contributed by atoms with Crippen molar-refractivity contribution in [2.45, 2.75) is 38.0 Å². The van der Waals surface area contributed by atoms with Gasteiger partial charge in [-0.05, 0) is 39.1 Å². The van der Waals surface area contributed by atoms with Crippen LogP contribution in [0.4, 0.5) is 13.2 Å². The molecule has 2 unspecified atom stereocenters. The highest BCUT2D eigenvalue weighted by atomic mass is 19.4. The second-order valence-corrected chi connectivity index (χ2v) is 5.29. The topological polar surface area (TPSA) is 41.3 Å². The highest BCUT2D eigenvalue weighted by Gasteiger charge is 2.41. The predicted octanol–water partition coefficient (Wildman–Crippen LogP) is 2.94. The average Bonchev–Trinajstić information content (AvgIpc) is 2.38. The van der Waals surface area contributed by atoms with Gasteiger partial charge in [0, 0.05) is 5.54 Å². The average molecular weight is 289 g/mol. The van der Waals surface area contributed by atoms with Crippen LogP contribution in [0.3, 0.4) is 0 Å². The summed E-state index contributed by atoms with van der Waals surface area (Å²) in [6.45, 7) is 3.82.